The summed E-state index contributed by atoms with van der Waals surface area (Å²) in [6.45, 7) is 3.27. The summed E-state index contributed by atoms with van der Waals surface area (Å²) in [5.41, 5.74) is 2.02. The van der Waals surface area contributed by atoms with E-state index in [9.17, 15) is 4.39 Å². The molecular weight excluding hydrogens is 283 g/mol. The molecule has 2 N–H and O–H groups in total. The number of guanidine groups is 1. The lowest BCUT2D eigenvalue weighted by Gasteiger charge is -2.10. The first kappa shape index (κ1) is 16.0. The van der Waals surface area contributed by atoms with E-state index in [4.69, 9.17) is 4.52 Å². The number of halogens is 1. The lowest BCUT2D eigenvalue weighted by molar-refractivity contribution is 0.374. The summed E-state index contributed by atoms with van der Waals surface area (Å²) >= 11 is 0. The topological polar surface area (TPSA) is 62.5 Å². The van der Waals surface area contributed by atoms with Gasteiger partial charge >= 0.3 is 0 Å². The third kappa shape index (κ3) is 4.87. The Bertz CT molecular complexity index is 607. The predicted octanol–water partition coefficient (Wildman–Crippen LogP) is 2.28. The maximum atomic E-state index is 12.8. The number of nitrogens with zero attached hydrogens (tertiary/aromatic N) is 2. The van der Waals surface area contributed by atoms with E-state index < -0.39 is 0 Å². The van der Waals surface area contributed by atoms with Crippen molar-refractivity contribution in [2.75, 3.05) is 13.6 Å². The highest BCUT2D eigenvalue weighted by Gasteiger charge is 2.04. The van der Waals surface area contributed by atoms with Crippen molar-refractivity contribution >= 4 is 5.96 Å². The summed E-state index contributed by atoms with van der Waals surface area (Å²) in [6, 6.07) is 8.44. The molecule has 6 heteroatoms. The van der Waals surface area contributed by atoms with Gasteiger partial charge in [-0.05, 0) is 30.5 Å². The van der Waals surface area contributed by atoms with Crippen LogP contribution in [-0.2, 0) is 19.4 Å². The van der Waals surface area contributed by atoms with Crippen LogP contribution >= 0.6 is 0 Å². The lowest BCUT2D eigenvalue weighted by Crippen LogP contribution is -2.37. The second-order valence-corrected chi connectivity index (χ2v) is 4.87. The van der Waals surface area contributed by atoms with Crippen molar-refractivity contribution in [3.8, 4) is 0 Å². The van der Waals surface area contributed by atoms with Gasteiger partial charge in [0.05, 0.1) is 12.2 Å². The average molecular weight is 304 g/mol. The van der Waals surface area contributed by atoms with Crippen LogP contribution in [0.4, 0.5) is 4.39 Å². The maximum absolute atomic E-state index is 12.8. The molecule has 1 aromatic carbocycles. The van der Waals surface area contributed by atoms with Crippen molar-refractivity contribution < 1.29 is 8.91 Å². The molecule has 0 amide bonds. The maximum Gasteiger partial charge on any atom is 0.191 e. The second-order valence-electron chi connectivity index (χ2n) is 4.87. The summed E-state index contributed by atoms with van der Waals surface area (Å²) in [7, 11) is 1.71. The second kappa shape index (κ2) is 8.17. The van der Waals surface area contributed by atoms with Gasteiger partial charge in [-0.25, -0.2) is 4.39 Å². The third-order valence-corrected chi connectivity index (χ3v) is 3.24. The Kier molecular flexibility index (Phi) is 5.94. The molecule has 2 aromatic rings. The Morgan fingerprint density at radius 2 is 2.05 bits per heavy atom. The molecule has 0 radical (unpaired) electrons. The summed E-state index contributed by atoms with van der Waals surface area (Å²) in [4.78, 5) is 4.15. The van der Waals surface area contributed by atoms with Crippen molar-refractivity contribution in [3.63, 3.8) is 0 Å². The monoisotopic (exact) mass is 304 g/mol. The van der Waals surface area contributed by atoms with Crippen LogP contribution in [0.25, 0.3) is 0 Å². The molecule has 22 heavy (non-hydrogen) atoms. The normalized spacial score (nSPS) is 11.5. The molecule has 0 spiro atoms. The molecule has 0 bridgehead atoms. The van der Waals surface area contributed by atoms with Crippen LogP contribution in [0.5, 0.6) is 0 Å². The van der Waals surface area contributed by atoms with E-state index in [1.165, 1.54) is 12.1 Å². The van der Waals surface area contributed by atoms with E-state index in [0.29, 0.717) is 19.0 Å². The standard InChI is InChI=1S/C16H21FN4O/c1-3-14-10-15(22-21-14)11-20-16(18-2)19-9-8-12-4-6-13(17)7-5-12/h4-7,10H,3,8-9,11H2,1-2H3,(H2,18,19,20). The molecule has 0 aliphatic heterocycles. The molecule has 118 valence electrons. The fourth-order valence-electron chi connectivity index (χ4n) is 1.97. The zero-order valence-corrected chi connectivity index (χ0v) is 12.9. The van der Waals surface area contributed by atoms with E-state index in [1.54, 1.807) is 19.2 Å². The molecule has 0 saturated carbocycles. The Balaban J connectivity index is 1.74. The quantitative estimate of drug-likeness (QED) is 0.635. The number of benzene rings is 1. The van der Waals surface area contributed by atoms with Crippen LogP contribution in [0.1, 0.15) is 23.9 Å². The van der Waals surface area contributed by atoms with Gasteiger partial charge in [-0.3, -0.25) is 4.99 Å². The lowest BCUT2D eigenvalue weighted by atomic mass is 10.1. The summed E-state index contributed by atoms with van der Waals surface area (Å²) < 4.78 is 18.0. The molecule has 2 rings (SSSR count). The van der Waals surface area contributed by atoms with Crippen LogP contribution in [0.15, 0.2) is 39.8 Å². The van der Waals surface area contributed by atoms with E-state index in [-0.39, 0.29) is 5.82 Å². The van der Waals surface area contributed by atoms with Crippen molar-refractivity contribution in [2.45, 2.75) is 26.3 Å². The molecule has 0 fully saturated rings. The van der Waals surface area contributed by atoms with E-state index in [2.05, 4.69) is 20.8 Å². The van der Waals surface area contributed by atoms with E-state index in [1.807, 2.05) is 13.0 Å². The van der Waals surface area contributed by atoms with Crippen LogP contribution < -0.4 is 10.6 Å². The van der Waals surface area contributed by atoms with Gasteiger partial charge in [-0.15, -0.1) is 0 Å². The number of aryl methyl sites for hydroxylation is 1. The summed E-state index contributed by atoms with van der Waals surface area (Å²) in [5.74, 6) is 1.25. The minimum Gasteiger partial charge on any atom is -0.359 e. The number of hydrogen-bond donors (Lipinski definition) is 2. The van der Waals surface area contributed by atoms with Crippen molar-refractivity contribution in [1.82, 2.24) is 15.8 Å². The molecule has 0 saturated heterocycles. The molecule has 1 aromatic heterocycles. The van der Waals surface area contributed by atoms with Gasteiger partial charge < -0.3 is 15.2 Å². The number of nitrogens with one attached hydrogen (secondary N) is 2. The molecule has 0 aliphatic carbocycles. The SMILES string of the molecule is CCc1cc(CNC(=NC)NCCc2ccc(F)cc2)on1. The molecule has 1 heterocycles. The molecular formula is C16H21FN4O. The van der Waals surface area contributed by atoms with Crippen LogP contribution in [0.2, 0.25) is 0 Å². The molecule has 0 aliphatic rings. The first-order valence-electron chi connectivity index (χ1n) is 7.34. The van der Waals surface area contributed by atoms with Crippen LogP contribution in [-0.4, -0.2) is 24.7 Å². The summed E-state index contributed by atoms with van der Waals surface area (Å²) in [5, 5.41) is 10.3. The first-order valence-corrected chi connectivity index (χ1v) is 7.34. The highest BCUT2D eigenvalue weighted by molar-refractivity contribution is 5.79. The zero-order chi connectivity index (χ0) is 15.8. The number of rotatable bonds is 6. The predicted molar refractivity (Wildman–Crippen MR) is 84.2 cm³/mol. The van der Waals surface area contributed by atoms with Gasteiger partial charge in [0.2, 0.25) is 0 Å². The minimum absolute atomic E-state index is 0.215. The third-order valence-electron chi connectivity index (χ3n) is 3.24. The van der Waals surface area contributed by atoms with Crippen molar-refractivity contribution in [3.05, 3.63) is 53.2 Å². The Morgan fingerprint density at radius 1 is 1.27 bits per heavy atom. The molecule has 0 atom stereocenters. The number of hydrogen-bond acceptors (Lipinski definition) is 3. The smallest absolute Gasteiger partial charge is 0.191 e. The average Bonchev–Trinajstić information content (AvgIpc) is 3.00. The molecule has 0 unspecified atom stereocenters. The van der Waals surface area contributed by atoms with Crippen LogP contribution in [0.3, 0.4) is 0 Å². The number of aromatic nitrogens is 1. The van der Waals surface area contributed by atoms with Crippen LogP contribution in [0, 0.1) is 5.82 Å². The van der Waals surface area contributed by atoms with Gasteiger partial charge in [-0.1, -0.05) is 24.2 Å². The Morgan fingerprint density at radius 3 is 2.68 bits per heavy atom. The molecule has 5 nitrogen and oxygen atoms in total. The van der Waals surface area contributed by atoms with Gasteiger partial charge in [0, 0.05) is 19.7 Å². The summed E-state index contributed by atoms with van der Waals surface area (Å²) in [6.07, 6.45) is 1.65. The van der Waals surface area contributed by atoms with E-state index >= 15 is 0 Å². The van der Waals surface area contributed by atoms with Gasteiger partial charge in [0.15, 0.2) is 11.7 Å². The number of aliphatic imine (C=N–C) groups is 1. The first-order chi connectivity index (χ1) is 10.7. The van der Waals surface area contributed by atoms with Gasteiger partial charge in [0.25, 0.3) is 0 Å². The minimum atomic E-state index is -0.215. The Labute approximate surface area is 129 Å². The zero-order valence-electron chi connectivity index (χ0n) is 12.9. The highest BCUT2D eigenvalue weighted by Crippen LogP contribution is 2.04. The van der Waals surface area contributed by atoms with Crippen molar-refractivity contribution in [2.24, 2.45) is 4.99 Å². The Hall–Kier alpha value is -2.37. The highest BCUT2D eigenvalue weighted by atomic mass is 19.1. The van der Waals surface area contributed by atoms with E-state index in [0.717, 1.165) is 29.9 Å². The van der Waals surface area contributed by atoms with Gasteiger partial charge in [0.1, 0.15) is 5.82 Å². The fraction of sp³-hybridized carbons (Fsp3) is 0.375. The van der Waals surface area contributed by atoms with Crippen molar-refractivity contribution in [1.29, 1.82) is 0 Å². The largest absolute Gasteiger partial charge is 0.359 e. The fourth-order valence-corrected chi connectivity index (χ4v) is 1.97. The van der Waals surface area contributed by atoms with Gasteiger partial charge in [-0.2, -0.15) is 0 Å².